The molecular formula is C16H18N4O2S. The van der Waals surface area contributed by atoms with Crippen LogP contribution in [0.25, 0.3) is 11.2 Å². The molecule has 0 saturated heterocycles. The van der Waals surface area contributed by atoms with Crippen molar-refractivity contribution in [2.24, 2.45) is 7.05 Å². The maximum Gasteiger partial charge on any atom is 0.329 e. The predicted molar refractivity (Wildman–Crippen MR) is 92.2 cm³/mol. The zero-order valence-corrected chi connectivity index (χ0v) is 13.9. The second kappa shape index (κ2) is 6.45. The first-order valence-corrected chi connectivity index (χ1v) is 8.46. The quantitative estimate of drug-likeness (QED) is 0.726. The van der Waals surface area contributed by atoms with Gasteiger partial charge in [-0.2, -0.15) is 0 Å². The summed E-state index contributed by atoms with van der Waals surface area (Å²) in [6.45, 7) is 2.64. The molecule has 0 radical (unpaired) electrons. The predicted octanol–water partition coefficient (Wildman–Crippen LogP) is 1.97. The monoisotopic (exact) mass is 330 g/mol. The molecule has 0 unspecified atom stereocenters. The van der Waals surface area contributed by atoms with E-state index in [1.165, 1.54) is 7.05 Å². The van der Waals surface area contributed by atoms with Crippen molar-refractivity contribution in [3.63, 3.8) is 0 Å². The van der Waals surface area contributed by atoms with Crippen LogP contribution in [-0.2, 0) is 13.6 Å². The van der Waals surface area contributed by atoms with Gasteiger partial charge < -0.3 is 4.57 Å². The molecular weight excluding hydrogens is 312 g/mol. The summed E-state index contributed by atoms with van der Waals surface area (Å²) in [5, 5.41) is 0.754. The Labute approximate surface area is 137 Å². The van der Waals surface area contributed by atoms with Crippen LogP contribution < -0.4 is 11.2 Å². The molecule has 1 aromatic carbocycles. The van der Waals surface area contributed by atoms with Crippen molar-refractivity contribution in [2.75, 3.05) is 5.75 Å². The number of hydrogen-bond donors (Lipinski definition) is 1. The smallest absolute Gasteiger partial charge is 0.309 e. The SMILES string of the molecule is CCCSc1nc2[nH]c(=O)n(C)c(=O)c2n1Cc1ccccc1. The van der Waals surface area contributed by atoms with E-state index < -0.39 is 5.69 Å². The summed E-state index contributed by atoms with van der Waals surface area (Å²) in [6.07, 6.45) is 1.01. The molecule has 0 bridgehead atoms. The molecule has 0 atom stereocenters. The minimum absolute atomic E-state index is 0.324. The molecule has 0 aliphatic heterocycles. The van der Waals surface area contributed by atoms with Crippen molar-refractivity contribution in [1.29, 1.82) is 0 Å². The minimum Gasteiger partial charge on any atom is -0.309 e. The first-order chi connectivity index (χ1) is 11.1. The Kier molecular flexibility index (Phi) is 4.38. The molecule has 1 N–H and O–H groups in total. The number of thioether (sulfide) groups is 1. The van der Waals surface area contributed by atoms with Gasteiger partial charge in [-0.3, -0.25) is 14.3 Å². The molecule has 0 amide bonds. The maximum atomic E-state index is 12.5. The van der Waals surface area contributed by atoms with Gasteiger partial charge in [0.25, 0.3) is 5.56 Å². The number of nitrogens with one attached hydrogen (secondary N) is 1. The highest BCUT2D eigenvalue weighted by Gasteiger charge is 2.17. The summed E-state index contributed by atoms with van der Waals surface area (Å²) < 4.78 is 2.98. The van der Waals surface area contributed by atoms with E-state index in [1.807, 2.05) is 34.9 Å². The van der Waals surface area contributed by atoms with E-state index in [0.717, 1.165) is 27.5 Å². The zero-order valence-electron chi connectivity index (χ0n) is 13.1. The fraction of sp³-hybridized carbons (Fsp3) is 0.312. The van der Waals surface area contributed by atoms with E-state index in [2.05, 4.69) is 16.9 Å². The Morgan fingerprint density at radius 2 is 1.96 bits per heavy atom. The summed E-state index contributed by atoms with van der Waals surface area (Å²) >= 11 is 1.59. The standard InChI is InChI=1S/C16H18N4O2S/c1-3-9-23-16-18-13-12(14(21)19(2)15(22)17-13)20(16)10-11-7-5-4-6-8-11/h4-8H,3,9-10H2,1-2H3,(H,17,22). The third-order valence-corrected chi connectivity index (χ3v) is 4.77. The molecule has 6 nitrogen and oxygen atoms in total. The maximum absolute atomic E-state index is 12.5. The largest absolute Gasteiger partial charge is 0.329 e. The van der Waals surface area contributed by atoms with E-state index >= 15 is 0 Å². The zero-order chi connectivity index (χ0) is 16.4. The highest BCUT2D eigenvalue weighted by atomic mass is 32.2. The normalized spacial score (nSPS) is 11.2. The van der Waals surface area contributed by atoms with Crippen LogP contribution in [0.4, 0.5) is 0 Å². The fourth-order valence-corrected chi connectivity index (χ4v) is 3.24. The topological polar surface area (TPSA) is 72.7 Å². The number of H-pyrrole nitrogens is 1. The van der Waals surface area contributed by atoms with Gasteiger partial charge in [0.15, 0.2) is 16.3 Å². The molecule has 3 aromatic rings. The number of hydrogen-bond acceptors (Lipinski definition) is 4. The van der Waals surface area contributed by atoms with Gasteiger partial charge in [0.1, 0.15) is 0 Å². The van der Waals surface area contributed by atoms with E-state index in [4.69, 9.17) is 0 Å². The number of benzene rings is 1. The van der Waals surface area contributed by atoms with E-state index in [0.29, 0.717) is 17.7 Å². The van der Waals surface area contributed by atoms with Gasteiger partial charge in [0, 0.05) is 12.8 Å². The summed E-state index contributed by atoms with van der Waals surface area (Å²) in [6, 6.07) is 9.91. The van der Waals surface area contributed by atoms with Gasteiger partial charge in [-0.05, 0) is 12.0 Å². The molecule has 0 aliphatic rings. The number of nitrogens with zero attached hydrogens (tertiary/aromatic N) is 3. The van der Waals surface area contributed by atoms with Crippen molar-refractivity contribution < 1.29 is 0 Å². The van der Waals surface area contributed by atoms with Gasteiger partial charge >= 0.3 is 5.69 Å². The Morgan fingerprint density at radius 3 is 2.65 bits per heavy atom. The third kappa shape index (κ3) is 2.96. The number of fused-ring (bicyclic) bond motifs is 1. The summed E-state index contributed by atoms with van der Waals surface area (Å²) in [4.78, 5) is 31.5. The first-order valence-electron chi connectivity index (χ1n) is 7.48. The Balaban J connectivity index is 2.20. The van der Waals surface area contributed by atoms with Crippen LogP contribution in [0.15, 0.2) is 45.1 Å². The Bertz CT molecular complexity index is 940. The second-order valence-corrected chi connectivity index (χ2v) is 6.37. The van der Waals surface area contributed by atoms with Crippen molar-refractivity contribution in [1.82, 2.24) is 19.1 Å². The number of rotatable bonds is 5. The van der Waals surface area contributed by atoms with Crippen molar-refractivity contribution in [3.05, 3.63) is 56.7 Å². The second-order valence-electron chi connectivity index (χ2n) is 5.31. The van der Waals surface area contributed by atoms with E-state index in [9.17, 15) is 9.59 Å². The van der Waals surface area contributed by atoms with Crippen LogP contribution in [-0.4, -0.2) is 24.9 Å². The lowest BCUT2D eigenvalue weighted by molar-refractivity contribution is 0.718. The molecule has 0 aliphatic carbocycles. The third-order valence-electron chi connectivity index (χ3n) is 3.59. The van der Waals surface area contributed by atoms with Gasteiger partial charge in [-0.25, -0.2) is 9.78 Å². The van der Waals surface area contributed by atoms with Crippen molar-refractivity contribution in [2.45, 2.75) is 25.0 Å². The summed E-state index contributed by atoms with van der Waals surface area (Å²) in [5.74, 6) is 0.905. The fourth-order valence-electron chi connectivity index (χ4n) is 2.39. The van der Waals surface area contributed by atoms with Crippen LogP contribution in [0, 0.1) is 0 Å². The molecule has 2 heterocycles. The van der Waals surface area contributed by atoms with Gasteiger partial charge in [0.05, 0.1) is 6.54 Å². The van der Waals surface area contributed by atoms with Gasteiger partial charge in [-0.15, -0.1) is 0 Å². The highest BCUT2D eigenvalue weighted by molar-refractivity contribution is 7.99. The lowest BCUT2D eigenvalue weighted by Gasteiger charge is -2.08. The number of aromatic amines is 1. The average Bonchev–Trinajstić information content (AvgIpc) is 2.89. The lowest BCUT2D eigenvalue weighted by Crippen LogP contribution is -2.33. The Morgan fingerprint density at radius 1 is 1.22 bits per heavy atom. The molecule has 23 heavy (non-hydrogen) atoms. The highest BCUT2D eigenvalue weighted by Crippen LogP contribution is 2.22. The van der Waals surface area contributed by atoms with Crippen LogP contribution in [0.2, 0.25) is 0 Å². The van der Waals surface area contributed by atoms with Gasteiger partial charge in [-0.1, -0.05) is 49.0 Å². The van der Waals surface area contributed by atoms with Gasteiger partial charge in [0.2, 0.25) is 0 Å². The van der Waals surface area contributed by atoms with Crippen molar-refractivity contribution in [3.8, 4) is 0 Å². The molecule has 0 saturated carbocycles. The molecule has 2 aromatic heterocycles. The summed E-state index contributed by atoms with van der Waals surface area (Å²) in [7, 11) is 1.47. The van der Waals surface area contributed by atoms with Crippen LogP contribution in [0.3, 0.4) is 0 Å². The van der Waals surface area contributed by atoms with Crippen molar-refractivity contribution >= 4 is 22.9 Å². The molecule has 3 rings (SSSR count). The average molecular weight is 330 g/mol. The van der Waals surface area contributed by atoms with Crippen LogP contribution in [0.1, 0.15) is 18.9 Å². The Hall–Kier alpha value is -2.28. The lowest BCUT2D eigenvalue weighted by atomic mass is 10.2. The molecule has 7 heteroatoms. The number of aromatic nitrogens is 4. The first kappa shape index (κ1) is 15.6. The summed E-state index contributed by atoms with van der Waals surface area (Å²) in [5.41, 5.74) is 1.11. The van der Waals surface area contributed by atoms with E-state index in [-0.39, 0.29) is 5.56 Å². The number of imidazole rings is 1. The minimum atomic E-state index is -0.445. The van der Waals surface area contributed by atoms with Crippen LogP contribution >= 0.6 is 11.8 Å². The van der Waals surface area contributed by atoms with Crippen LogP contribution in [0.5, 0.6) is 0 Å². The molecule has 0 fully saturated rings. The van der Waals surface area contributed by atoms with E-state index in [1.54, 1.807) is 11.8 Å². The molecule has 0 spiro atoms. The molecule has 120 valence electrons.